The molecule has 0 fully saturated rings. The van der Waals surface area contributed by atoms with Gasteiger partial charge in [-0.05, 0) is 56.5 Å². The highest BCUT2D eigenvalue weighted by atomic mass is 35.5. The van der Waals surface area contributed by atoms with Gasteiger partial charge < -0.3 is 10.1 Å². The van der Waals surface area contributed by atoms with E-state index in [1.54, 1.807) is 0 Å². The van der Waals surface area contributed by atoms with E-state index in [1.165, 1.54) is 11.1 Å². The molecule has 2 nitrogen and oxygen atoms in total. The van der Waals surface area contributed by atoms with Gasteiger partial charge in [-0.3, -0.25) is 0 Å². The summed E-state index contributed by atoms with van der Waals surface area (Å²) in [6, 6.07) is 4.54. The molecule has 0 bridgehead atoms. The summed E-state index contributed by atoms with van der Waals surface area (Å²) >= 11 is 6.24. The van der Waals surface area contributed by atoms with E-state index in [1.807, 2.05) is 26.1 Å². The first-order valence-corrected chi connectivity index (χ1v) is 6.96. The SMILES string of the molecule is CCOc1cc(C)c(CC(NC)C(C)C)cc1Cl. The fraction of sp³-hybridized carbons (Fsp3) is 0.600. The summed E-state index contributed by atoms with van der Waals surface area (Å²) in [4.78, 5) is 0. The third kappa shape index (κ3) is 3.89. The number of benzene rings is 1. The van der Waals surface area contributed by atoms with Crippen LogP contribution >= 0.6 is 11.6 Å². The Hall–Kier alpha value is -0.730. The van der Waals surface area contributed by atoms with Crippen molar-refractivity contribution < 1.29 is 4.74 Å². The van der Waals surface area contributed by atoms with E-state index in [2.05, 4.69) is 26.1 Å². The molecule has 1 aromatic carbocycles. The minimum atomic E-state index is 0.470. The topological polar surface area (TPSA) is 21.3 Å². The summed E-state index contributed by atoms with van der Waals surface area (Å²) in [6.07, 6.45) is 0.992. The first-order chi connectivity index (χ1) is 8.49. The third-order valence-corrected chi connectivity index (χ3v) is 3.60. The van der Waals surface area contributed by atoms with Gasteiger partial charge in [-0.2, -0.15) is 0 Å². The van der Waals surface area contributed by atoms with E-state index in [4.69, 9.17) is 16.3 Å². The van der Waals surface area contributed by atoms with Crippen LogP contribution in [0.5, 0.6) is 5.75 Å². The quantitative estimate of drug-likeness (QED) is 0.847. The van der Waals surface area contributed by atoms with E-state index in [-0.39, 0.29) is 0 Å². The van der Waals surface area contributed by atoms with E-state index in [0.717, 1.165) is 12.2 Å². The summed E-state index contributed by atoms with van der Waals surface area (Å²) in [5.74, 6) is 1.38. The second-order valence-electron chi connectivity index (χ2n) is 4.99. The second-order valence-corrected chi connectivity index (χ2v) is 5.39. The highest BCUT2D eigenvalue weighted by molar-refractivity contribution is 6.32. The maximum absolute atomic E-state index is 6.24. The zero-order chi connectivity index (χ0) is 13.7. The maximum Gasteiger partial charge on any atom is 0.138 e. The highest BCUT2D eigenvalue weighted by Crippen LogP contribution is 2.29. The summed E-state index contributed by atoms with van der Waals surface area (Å²) < 4.78 is 5.50. The van der Waals surface area contributed by atoms with Gasteiger partial charge >= 0.3 is 0 Å². The van der Waals surface area contributed by atoms with Gasteiger partial charge in [-0.1, -0.05) is 25.4 Å². The fourth-order valence-corrected chi connectivity index (χ4v) is 2.33. The predicted octanol–water partition coefficient (Wildman–Crippen LogP) is 3.83. The molecule has 0 saturated carbocycles. The van der Waals surface area contributed by atoms with Gasteiger partial charge in [-0.15, -0.1) is 0 Å². The predicted molar refractivity (Wildman–Crippen MR) is 78.7 cm³/mol. The van der Waals surface area contributed by atoms with Crippen LogP contribution in [0.15, 0.2) is 12.1 Å². The fourth-order valence-electron chi connectivity index (χ4n) is 2.09. The number of hydrogen-bond donors (Lipinski definition) is 1. The Morgan fingerprint density at radius 1 is 1.33 bits per heavy atom. The Balaban J connectivity index is 2.93. The molecule has 0 radical (unpaired) electrons. The Bertz CT molecular complexity index is 390. The number of hydrogen-bond acceptors (Lipinski definition) is 2. The van der Waals surface area contributed by atoms with Crippen LogP contribution in [-0.4, -0.2) is 19.7 Å². The van der Waals surface area contributed by atoms with Gasteiger partial charge in [0.15, 0.2) is 0 Å². The molecule has 0 aliphatic heterocycles. The smallest absolute Gasteiger partial charge is 0.138 e. The number of nitrogens with one attached hydrogen (secondary N) is 1. The molecule has 0 aromatic heterocycles. The zero-order valence-electron chi connectivity index (χ0n) is 12.0. The maximum atomic E-state index is 6.24. The van der Waals surface area contributed by atoms with Crippen LogP contribution in [0, 0.1) is 12.8 Å². The summed E-state index contributed by atoms with van der Waals surface area (Å²) in [5, 5.41) is 4.07. The lowest BCUT2D eigenvalue weighted by Gasteiger charge is -2.21. The molecule has 0 saturated heterocycles. The summed E-state index contributed by atoms with van der Waals surface area (Å²) in [6.45, 7) is 9.18. The molecule has 1 unspecified atom stereocenters. The number of ether oxygens (including phenoxy) is 1. The van der Waals surface area contributed by atoms with Crippen molar-refractivity contribution in [2.24, 2.45) is 5.92 Å². The Kier molecular flexibility index (Phi) is 5.97. The van der Waals surface area contributed by atoms with Crippen molar-refractivity contribution in [3.63, 3.8) is 0 Å². The minimum absolute atomic E-state index is 0.470. The van der Waals surface area contributed by atoms with Crippen LogP contribution in [0.25, 0.3) is 0 Å². The minimum Gasteiger partial charge on any atom is -0.492 e. The first kappa shape index (κ1) is 15.3. The normalized spacial score (nSPS) is 12.8. The Morgan fingerprint density at radius 3 is 2.50 bits per heavy atom. The summed E-state index contributed by atoms with van der Waals surface area (Å²) in [7, 11) is 2.01. The lowest BCUT2D eigenvalue weighted by Crippen LogP contribution is -2.32. The third-order valence-electron chi connectivity index (χ3n) is 3.31. The first-order valence-electron chi connectivity index (χ1n) is 6.58. The lowest BCUT2D eigenvalue weighted by atomic mass is 9.94. The monoisotopic (exact) mass is 269 g/mol. The second kappa shape index (κ2) is 7.01. The van der Waals surface area contributed by atoms with Crippen molar-refractivity contribution >= 4 is 11.6 Å². The molecule has 0 amide bonds. The molecule has 0 aliphatic carbocycles. The van der Waals surface area contributed by atoms with Crippen molar-refractivity contribution in [3.8, 4) is 5.75 Å². The average molecular weight is 270 g/mol. The molecule has 1 aromatic rings. The van der Waals surface area contributed by atoms with Gasteiger partial charge in [0, 0.05) is 6.04 Å². The van der Waals surface area contributed by atoms with Crippen LogP contribution < -0.4 is 10.1 Å². The molecule has 0 aliphatic rings. The highest BCUT2D eigenvalue weighted by Gasteiger charge is 2.14. The molecule has 3 heteroatoms. The van der Waals surface area contributed by atoms with Crippen molar-refractivity contribution in [3.05, 3.63) is 28.3 Å². The van der Waals surface area contributed by atoms with Gasteiger partial charge in [0.2, 0.25) is 0 Å². The standard InChI is InChI=1S/C15H24ClNO/c1-6-18-15-7-11(4)12(8-13(15)16)9-14(17-5)10(2)3/h7-8,10,14,17H,6,9H2,1-5H3. The molecular weight excluding hydrogens is 246 g/mol. The van der Waals surface area contributed by atoms with Crippen LogP contribution in [-0.2, 0) is 6.42 Å². The molecule has 1 N–H and O–H groups in total. The van der Waals surface area contributed by atoms with E-state index < -0.39 is 0 Å². The molecule has 18 heavy (non-hydrogen) atoms. The largest absolute Gasteiger partial charge is 0.492 e. The zero-order valence-corrected chi connectivity index (χ0v) is 12.8. The van der Waals surface area contributed by atoms with Crippen molar-refractivity contribution in [2.45, 2.75) is 40.2 Å². The number of likely N-dealkylation sites (N-methyl/N-ethyl adjacent to an activating group) is 1. The molecule has 1 atom stereocenters. The lowest BCUT2D eigenvalue weighted by molar-refractivity contribution is 0.340. The average Bonchev–Trinajstić information content (AvgIpc) is 2.31. The van der Waals surface area contributed by atoms with E-state index in [0.29, 0.717) is 23.6 Å². The van der Waals surface area contributed by atoms with Crippen molar-refractivity contribution in [1.29, 1.82) is 0 Å². The van der Waals surface area contributed by atoms with Gasteiger partial charge in [-0.25, -0.2) is 0 Å². The van der Waals surface area contributed by atoms with E-state index >= 15 is 0 Å². The summed E-state index contributed by atoms with van der Waals surface area (Å²) in [5.41, 5.74) is 2.53. The molecular formula is C15H24ClNO. The van der Waals surface area contributed by atoms with Crippen LogP contribution in [0.1, 0.15) is 31.9 Å². The number of rotatable bonds is 6. The van der Waals surface area contributed by atoms with Crippen molar-refractivity contribution in [2.75, 3.05) is 13.7 Å². The molecule has 0 heterocycles. The number of aryl methyl sites for hydroxylation is 1. The van der Waals surface area contributed by atoms with Gasteiger partial charge in [0.05, 0.1) is 11.6 Å². The Labute approximate surface area is 116 Å². The molecule has 102 valence electrons. The van der Waals surface area contributed by atoms with E-state index in [9.17, 15) is 0 Å². The van der Waals surface area contributed by atoms with Gasteiger partial charge in [0.25, 0.3) is 0 Å². The van der Waals surface area contributed by atoms with Crippen LogP contribution in [0.4, 0.5) is 0 Å². The van der Waals surface area contributed by atoms with Crippen LogP contribution in [0.2, 0.25) is 5.02 Å². The Morgan fingerprint density at radius 2 is 2.00 bits per heavy atom. The molecule has 1 rings (SSSR count). The van der Waals surface area contributed by atoms with Crippen LogP contribution in [0.3, 0.4) is 0 Å². The van der Waals surface area contributed by atoms with Gasteiger partial charge in [0.1, 0.15) is 5.75 Å². The molecule has 0 spiro atoms. The number of halogens is 1. The van der Waals surface area contributed by atoms with Crippen molar-refractivity contribution in [1.82, 2.24) is 5.32 Å².